The minimum Gasteiger partial charge on any atom is -0.352 e. The summed E-state index contributed by atoms with van der Waals surface area (Å²) in [6, 6.07) is 18.5. The maximum absolute atomic E-state index is 12.6. The predicted octanol–water partition coefficient (Wildman–Crippen LogP) is 4.19. The monoisotopic (exact) mass is 404 g/mol. The highest BCUT2D eigenvalue weighted by Crippen LogP contribution is 2.18. The summed E-state index contributed by atoms with van der Waals surface area (Å²) in [4.78, 5) is 15.0. The maximum atomic E-state index is 12.6. The van der Waals surface area contributed by atoms with Gasteiger partial charge in [0.05, 0.1) is 17.8 Å². The number of benzene rings is 2. The minimum absolute atomic E-state index is 0.0148. The van der Waals surface area contributed by atoms with Crippen LogP contribution in [0, 0.1) is 13.8 Å². The lowest BCUT2D eigenvalue weighted by atomic mass is 10.1. The SMILES string of the molecule is CCN(CC)Cc1ccc(CNC(=O)Cc2c(C)nn(-c3ccccc3)c2C)cc1. The van der Waals surface area contributed by atoms with Crippen molar-refractivity contribution in [2.24, 2.45) is 0 Å². The van der Waals surface area contributed by atoms with Crippen LogP contribution >= 0.6 is 0 Å². The van der Waals surface area contributed by atoms with Crippen LogP contribution in [0.15, 0.2) is 54.6 Å². The first kappa shape index (κ1) is 21.8. The van der Waals surface area contributed by atoms with Gasteiger partial charge in [0.1, 0.15) is 0 Å². The summed E-state index contributed by atoms with van der Waals surface area (Å²) in [6.07, 6.45) is 0.338. The van der Waals surface area contributed by atoms with Gasteiger partial charge in [-0.1, -0.05) is 56.3 Å². The van der Waals surface area contributed by atoms with Gasteiger partial charge < -0.3 is 5.32 Å². The molecule has 30 heavy (non-hydrogen) atoms. The molecule has 158 valence electrons. The molecule has 1 heterocycles. The molecule has 3 aromatic rings. The van der Waals surface area contributed by atoms with Gasteiger partial charge in [-0.3, -0.25) is 9.69 Å². The minimum atomic E-state index is 0.0148. The molecular formula is C25H32N4O. The molecule has 0 saturated heterocycles. The molecule has 0 spiro atoms. The Bertz CT molecular complexity index is 957. The van der Waals surface area contributed by atoms with E-state index in [-0.39, 0.29) is 5.91 Å². The van der Waals surface area contributed by atoms with Crippen LogP contribution in [-0.2, 0) is 24.3 Å². The molecule has 0 aliphatic heterocycles. The van der Waals surface area contributed by atoms with E-state index in [4.69, 9.17) is 0 Å². The van der Waals surface area contributed by atoms with E-state index in [1.807, 2.05) is 48.9 Å². The van der Waals surface area contributed by atoms with Gasteiger partial charge in [0.15, 0.2) is 0 Å². The number of aromatic nitrogens is 2. The summed E-state index contributed by atoms with van der Waals surface area (Å²) in [5, 5.41) is 7.68. The van der Waals surface area contributed by atoms with E-state index in [1.165, 1.54) is 5.56 Å². The van der Waals surface area contributed by atoms with Crippen LogP contribution in [0.2, 0.25) is 0 Å². The van der Waals surface area contributed by atoms with Crippen molar-refractivity contribution >= 4 is 5.91 Å². The zero-order valence-corrected chi connectivity index (χ0v) is 18.5. The number of carbonyl (C=O) groups excluding carboxylic acids is 1. The van der Waals surface area contributed by atoms with E-state index in [0.29, 0.717) is 13.0 Å². The topological polar surface area (TPSA) is 50.2 Å². The predicted molar refractivity (Wildman–Crippen MR) is 122 cm³/mol. The number of rotatable bonds is 9. The second-order valence-electron chi connectivity index (χ2n) is 7.63. The molecule has 1 N–H and O–H groups in total. The third-order valence-electron chi connectivity index (χ3n) is 5.59. The maximum Gasteiger partial charge on any atom is 0.224 e. The Hall–Kier alpha value is -2.92. The molecule has 5 heteroatoms. The zero-order valence-electron chi connectivity index (χ0n) is 18.5. The fourth-order valence-corrected chi connectivity index (χ4v) is 3.64. The Labute approximate surface area is 179 Å². The highest BCUT2D eigenvalue weighted by Gasteiger charge is 2.15. The fourth-order valence-electron chi connectivity index (χ4n) is 3.64. The first-order chi connectivity index (χ1) is 14.5. The van der Waals surface area contributed by atoms with E-state index in [2.05, 4.69) is 53.4 Å². The van der Waals surface area contributed by atoms with Gasteiger partial charge in [0.25, 0.3) is 0 Å². The summed E-state index contributed by atoms with van der Waals surface area (Å²) in [5.41, 5.74) is 6.32. The third-order valence-corrected chi connectivity index (χ3v) is 5.59. The zero-order chi connectivity index (χ0) is 21.5. The van der Waals surface area contributed by atoms with Crippen LogP contribution < -0.4 is 5.32 Å². The van der Waals surface area contributed by atoms with Crippen molar-refractivity contribution in [2.45, 2.75) is 47.2 Å². The molecule has 2 aromatic carbocycles. The smallest absolute Gasteiger partial charge is 0.224 e. The Morgan fingerprint density at radius 2 is 1.60 bits per heavy atom. The Morgan fingerprint density at radius 1 is 0.967 bits per heavy atom. The lowest BCUT2D eigenvalue weighted by Crippen LogP contribution is -2.25. The number of hydrogen-bond donors (Lipinski definition) is 1. The number of nitrogens with one attached hydrogen (secondary N) is 1. The largest absolute Gasteiger partial charge is 0.352 e. The van der Waals surface area contributed by atoms with Crippen molar-refractivity contribution in [1.82, 2.24) is 20.0 Å². The van der Waals surface area contributed by atoms with Crippen LogP contribution in [0.5, 0.6) is 0 Å². The molecule has 0 unspecified atom stereocenters. The summed E-state index contributed by atoms with van der Waals surface area (Å²) >= 11 is 0. The van der Waals surface area contributed by atoms with Gasteiger partial charge in [-0.15, -0.1) is 0 Å². The molecule has 0 bridgehead atoms. The Balaban J connectivity index is 1.58. The van der Waals surface area contributed by atoms with Gasteiger partial charge in [0, 0.05) is 24.3 Å². The number of nitrogens with zero attached hydrogens (tertiary/aromatic N) is 3. The standard InChI is InChI=1S/C25H32N4O/c1-5-28(6-2)18-22-14-12-21(13-15-22)17-26-25(30)16-24-19(3)27-29(20(24)4)23-10-8-7-9-11-23/h7-15H,5-6,16-18H2,1-4H3,(H,26,30). The summed E-state index contributed by atoms with van der Waals surface area (Å²) < 4.78 is 1.91. The van der Waals surface area contributed by atoms with Gasteiger partial charge in [0.2, 0.25) is 5.91 Å². The molecular weight excluding hydrogens is 372 g/mol. The third kappa shape index (κ3) is 5.36. The van der Waals surface area contributed by atoms with Crippen molar-refractivity contribution in [3.63, 3.8) is 0 Å². The molecule has 0 radical (unpaired) electrons. The normalized spacial score (nSPS) is 11.1. The molecule has 0 fully saturated rings. The van der Waals surface area contributed by atoms with Crippen molar-refractivity contribution in [1.29, 1.82) is 0 Å². The highest BCUT2D eigenvalue weighted by atomic mass is 16.1. The van der Waals surface area contributed by atoms with Gasteiger partial charge in [-0.05, 0) is 50.2 Å². The van der Waals surface area contributed by atoms with Gasteiger partial charge in [-0.25, -0.2) is 4.68 Å². The second-order valence-corrected chi connectivity index (χ2v) is 7.63. The van der Waals surface area contributed by atoms with Gasteiger partial charge >= 0.3 is 0 Å². The average molecular weight is 405 g/mol. The molecule has 1 aromatic heterocycles. The van der Waals surface area contributed by atoms with E-state index < -0.39 is 0 Å². The second kappa shape index (κ2) is 10.2. The lowest BCUT2D eigenvalue weighted by Gasteiger charge is -2.18. The van der Waals surface area contributed by atoms with Crippen molar-refractivity contribution in [3.05, 3.63) is 82.7 Å². The molecule has 3 rings (SSSR count). The number of aryl methyl sites for hydroxylation is 1. The van der Waals surface area contributed by atoms with Crippen molar-refractivity contribution in [3.8, 4) is 5.69 Å². The highest BCUT2D eigenvalue weighted by molar-refractivity contribution is 5.79. The Morgan fingerprint density at radius 3 is 2.23 bits per heavy atom. The number of carbonyl (C=O) groups is 1. The first-order valence-corrected chi connectivity index (χ1v) is 10.7. The summed E-state index contributed by atoms with van der Waals surface area (Å²) in [7, 11) is 0. The van der Waals surface area contributed by atoms with Crippen LogP contribution in [0.1, 0.15) is 41.9 Å². The Kier molecular flexibility index (Phi) is 7.41. The average Bonchev–Trinajstić information content (AvgIpc) is 3.05. The van der Waals surface area contributed by atoms with Crippen LogP contribution in [0.25, 0.3) is 5.69 Å². The van der Waals surface area contributed by atoms with Crippen molar-refractivity contribution < 1.29 is 4.79 Å². The van der Waals surface area contributed by atoms with Crippen LogP contribution in [0.4, 0.5) is 0 Å². The van der Waals surface area contributed by atoms with Crippen LogP contribution in [-0.4, -0.2) is 33.7 Å². The summed E-state index contributed by atoms with van der Waals surface area (Å²) in [5.74, 6) is 0.0148. The first-order valence-electron chi connectivity index (χ1n) is 10.7. The molecule has 0 saturated carbocycles. The number of para-hydroxylation sites is 1. The number of amides is 1. The number of hydrogen-bond acceptors (Lipinski definition) is 3. The molecule has 0 aliphatic carbocycles. The lowest BCUT2D eigenvalue weighted by molar-refractivity contribution is -0.120. The molecule has 0 aliphatic rings. The molecule has 5 nitrogen and oxygen atoms in total. The summed E-state index contributed by atoms with van der Waals surface area (Å²) in [6.45, 7) is 11.9. The van der Waals surface area contributed by atoms with E-state index in [1.54, 1.807) is 0 Å². The molecule has 1 amide bonds. The quantitative estimate of drug-likeness (QED) is 0.582. The fraction of sp³-hybridized carbons (Fsp3) is 0.360. The van der Waals surface area contributed by atoms with E-state index in [0.717, 1.165) is 47.8 Å². The van der Waals surface area contributed by atoms with Crippen LogP contribution in [0.3, 0.4) is 0 Å². The molecule has 0 atom stereocenters. The van der Waals surface area contributed by atoms with Crippen molar-refractivity contribution in [2.75, 3.05) is 13.1 Å². The van der Waals surface area contributed by atoms with E-state index >= 15 is 0 Å². The van der Waals surface area contributed by atoms with Gasteiger partial charge in [-0.2, -0.15) is 5.10 Å². The van der Waals surface area contributed by atoms with E-state index in [9.17, 15) is 4.79 Å².